The van der Waals surface area contributed by atoms with E-state index in [1.54, 1.807) is 61.5 Å². The monoisotopic (exact) mass is 697 g/mol. The SMILES string of the molecule is C[C@H]1CCCC(=O)CCC/C=C/c2cc(O)c(C(CC(=O)NCCn3c(=O)c(=O)[nH]c4ccccc43)c3ccc4c(c3)OCO4)c(O)c2C(=O)O1. The molecular formula is C38H39N3O10. The van der Waals surface area contributed by atoms with Gasteiger partial charge in [0.2, 0.25) is 12.7 Å². The van der Waals surface area contributed by atoms with Crippen LogP contribution in [-0.4, -0.2) is 56.9 Å². The zero-order valence-corrected chi connectivity index (χ0v) is 28.1. The lowest BCUT2D eigenvalue weighted by Crippen LogP contribution is -2.39. The van der Waals surface area contributed by atoms with Gasteiger partial charge >= 0.3 is 17.1 Å². The molecule has 4 N–H and O–H groups in total. The number of ketones is 1. The van der Waals surface area contributed by atoms with Crippen molar-refractivity contribution < 1.29 is 38.8 Å². The summed E-state index contributed by atoms with van der Waals surface area (Å²) in [7, 11) is 0. The molecule has 51 heavy (non-hydrogen) atoms. The minimum atomic E-state index is -0.985. The van der Waals surface area contributed by atoms with Crippen LogP contribution in [0.2, 0.25) is 0 Å². The first-order valence-corrected chi connectivity index (χ1v) is 17.0. The zero-order chi connectivity index (χ0) is 36.1. The van der Waals surface area contributed by atoms with Crippen LogP contribution >= 0.6 is 0 Å². The molecule has 13 heteroatoms. The van der Waals surface area contributed by atoms with Gasteiger partial charge in [-0.05, 0) is 74.1 Å². The lowest BCUT2D eigenvalue weighted by molar-refractivity contribution is -0.121. The Kier molecular flexibility index (Phi) is 10.5. The Balaban J connectivity index is 1.34. The zero-order valence-electron chi connectivity index (χ0n) is 28.1. The Hall–Kier alpha value is -5.85. The normalized spacial score (nSPS) is 17.6. The van der Waals surface area contributed by atoms with Crippen LogP contribution in [0, 0.1) is 0 Å². The van der Waals surface area contributed by atoms with Crippen molar-refractivity contribution >= 4 is 34.8 Å². The number of carbonyl (C=O) groups is 3. The number of fused-ring (bicyclic) bond motifs is 3. The van der Waals surface area contributed by atoms with E-state index in [0.29, 0.717) is 66.6 Å². The maximum atomic E-state index is 13.7. The summed E-state index contributed by atoms with van der Waals surface area (Å²) < 4.78 is 18.0. The highest BCUT2D eigenvalue weighted by Gasteiger charge is 2.32. The quantitative estimate of drug-likeness (QED) is 0.156. The van der Waals surface area contributed by atoms with E-state index in [9.17, 15) is 34.2 Å². The summed E-state index contributed by atoms with van der Waals surface area (Å²) >= 11 is 0. The number of hydrogen-bond acceptors (Lipinski definition) is 10. The van der Waals surface area contributed by atoms with Gasteiger partial charge in [-0.3, -0.25) is 19.2 Å². The summed E-state index contributed by atoms with van der Waals surface area (Å²) in [6, 6.07) is 13.2. The number of aromatic nitrogens is 2. The predicted octanol–water partition coefficient (Wildman–Crippen LogP) is 4.65. The van der Waals surface area contributed by atoms with Gasteiger partial charge in [0.05, 0.1) is 17.1 Å². The molecule has 3 heterocycles. The van der Waals surface area contributed by atoms with E-state index in [-0.39, 0.29) is 54.5 Å². The summed E-state index contributed by atoms with van der Waals surface area (Å²) in [6.07, 6.45) is 5.50. The molecular weight excluding hydrogens is 658 g/mol. The Labute approximate surface area is 292 Å². The molecule has 2 atom stereocenters. The highest BCUT2D eigenvalue weighted by Crippen LogP contribution is 2.46. The molecule has 1 aromatic heterocycles. The molecule has 0 aliphatic carbocycles. The smallest absolute Gasteiger partial charge is 0.342 e. The van der Waals surface area contributed by atoms with Crippen LogP contribution in [0.4, 0.5) is 0 Å². The van der Waals surface area contributed by atoms with Gasteiger partial charge in [-0.2, -0.15) is 0 Å². The van der Waals surface area contributed by atoms with Crippen LogP contribution in [0.1, 0.15) is 84.8 Å². The van der Waals surface area contributed by atoms with E-state index >= 15 is 0 Å². The van der Waals surface area contributed by atoms with Crippen LogP contribution in [0.3, 0.4) is 0 Å². The van der Waals surface area contributed by atoms with E-state index in [1.807, 2.05) is 0 Å². The lowest BCUT2D eigenvalue weighted by Gasteiger charge is -2.23. The minimum Gasteiger partial charge on any atom is -0.507 e. The number of rotatable bonds is 7. The molecule has 1 amide bonds. The number of cyclic esters (lactones) is 1. The first kappa shape index (κ1) is 35.0. The molecule has 3 aromatic carbocycles. The fourth-order valence-electron chi connectivity index (χ4n) is 6.54. The molecule has 0 saturated heterocycles. The number of ether oxygens (including phenoxy) is 3. The maximum Gasteiger partial charge on any atom is 0.342 e. The fraction of sp³-hybridized carbons (Fsp3) is 0.342. The summed E-state index contributed by atoms with van der Waals surface area (Å²) in [4.78, 5) is 66.9. The van der Waals surface area contributed by atoms with Crippen LogP contribution in [0.15, 0.2) is 64.2 Å². The van der Waals surface area contributed by atoms with Crippen molar-refractivity contribution in [3.8, 4) is 23.0 Å². The summed E-state index contributed by atoms with van der Waals surface area (Å²) in [5.41, 5.74) is -0.0901. The summed E-state index contributed by atoms with van der Waals surface area (Å²) in [6.45, 7) is 1.71. The molecule has 0 radical (unpaired) electrons. The molecule has 1 unspecified atom stereocenters. The topological polar surface area (TPSA) is 186 Å². The third kappa shape index (κ3) is 7.82. The van der Waals surface area contributed by atoms with E-state index in [1.165, 1.54) is 10.6 Å². The van der Waals surface area contributed by atoms with Gasteiger partial charge in [0.1, 0.15) is 22.8 Å². The third-order valence-electron chi connectivity index (χ3n) is 9.13. The molecule has 13 nitrogen and oxygen atoms in total. The Morgan fingerprint density at radius 1 is 1.02 bits per heavy atom. The van der Waals surface area contributed by atoms with Gasteiger partial charge in [0, 0.05) is 43.8 Å². The molecule has 0 saturated carbocycles. The molecule has 0 spiro atoms. The number of nitrogens with one attached hydrogen (secondary N) is 2. The highest BCUT2D eigenvalue weighted by molar-refractivity contribution is 5.98. The number of aromatic hydroxyl groups is 2. The number of aromatic amines is 1. The first-order valence-electron chi connectivity index (χ1n) is 17.0. The van der Waals surface area contributed by atoms with Crippen molar-refractivity contribution in [2.45, 2.75) is 70.4 Å². The van der Waals surface area contributed by atoms with E-state index in [0.717, 1.165) is 0 Å². The fourth-order valence-corrected chi connectivity index (χ4v) is 6.54. The number of amides is 1. The number of carbonyl (C=O) groups excluding carboxylic acids is 3. The number of phenolic OH excluding ortho intramolecular Hbond substituents is 2. The van der Waals surface area contributed by atoms with E-state index < -0.39 is 40.8 Å². The summed E-state index contributed by atoms with van der Waals surface area (Å²) in [5.74, 6) is -2.14. The van der Waals surface area contributed by atoms with Crippen molar-refractivity contribution in [3.05, 3.63) is 97.6 Å². The van der Waals surface area contributed by atoms with Crippen molar-refractivity contribution in [1.82, 2.24) is 14.9 Å². The van der Waals surface area contributed by atoms with Gasteiger partial charge in [0.25, 0.3) is 0 Å². The van der Waals surface area contributed by atoms with Crippen molar-refractivity contribution in [3.63, 3.8) is 0 Å². The molecule has 2 aliphatic heterocycles. The largest absolute Gasteiger partial charge is 0.507 e. The number of H-pyrrole nitrogens is 1. The number of allylic oxidation sites excluding steroid dienone is 1. The predicted molar refractivity (Wildman–Crippen MR) is 187 cm³/mol. The van der Waals surface area contributed by atoms with Gasteiger partial charge in [-0.1, -0.05) is 30.4 Å². The number of para-hydroxylation sites is 2. The Morgan fingerprint density at radius 3 is 2.65 bits per heavy atom. The Morgan fingerprint density at radius 2 is 1.80 bits per heavy atom. The van der Waals surface area contributed by atoms with Crippen molar-refractivity contribution in [1.29, 1.82) is 0 Å². The standard InChI is InChI=1S/C38H39N3O10/c1-22-8-7-11-25(42)10-4-2-3-9-24-18-29(43)34(35(45)33(24)38(48)51-22)26(23-14-15-30-31(19-23)50-21-49-30)20-32(44)39-16-17-41-28-13-6-5-12-27(28)40-36(46)37(41)47/h3,5-6,9,12-15,18-19,22,26,43,45H,2,4,7-8,10-11,16-17,20-21H2,1H3,(H,39,44)(H,40,46)/b9-3+/t22-,26?/m0/s1. The Bertz CT molecular complexity index is 2130. The minimum absolute atomic E-state index is 0.000175. The number of phenols is 2. The van der Waals surface area contributed by atoms with Crippen LogP contribution in [0.5, 0.6) is 23.0 Å². The number of Topliss-reactive ketones (excluding diaryl/α,β-unsaturated/α-hetero) is 1. The molecule has 4 aromatic rings. The lowest BCUT2D eigenvalue weighted by atomic mass is 9.84. The number of benzene rings is 3. The highest BCUT2D eigenvalue weighted by atomic mass is 16.7. The second-order valence-electron chi connectivity index (χ2n) is 12.7. The van der Waals surface area contributed by atoms with Gasteiger partial charge in [-0.25, -0.2) is 4.79 Å². The van der Waals surface area contributed by atoms with E-state index in [2.05, 4.69) is 10.3 Å². The summed E-state index contributed by atoms with van der Waals surface area (Å²) in [5, 5.41) is 26.1. The second-order valence-corrected chi connectivity index (χ2v) is 12.7. The second kappa shape index (κ2) is 15.4. The van der Waals surface area contributed by atoms with Crippen molar-refractivity contribution in [2.75, 3.05) is 13.3 Å². The molecule has 6 rings (SSSR count). The maximum absolute atomic E-state index is 13.7. The van der Waals surface area contributed by atoms with Gasteiger partial charge in [0.15, 0.2) is 11.5 Å². The first-order chi connectivity index (χ1) is 24.6. The molecule has 0 fully saturated rings. The van der Waals surface area contributed by atoms with Gasteiger partial charge < -0.3 is 39.3 Å². The van der Waals surface area contributed by atoms with Crippen molar-refractivity contribution in [2.24, 2.45) is 0 Å². The average Bonchev–Trinajstić information content (AvgIpc) is 3.57. The molecule has 0 bridgehead atoms. The molecule has 266 valence electrons. The van der Waals surface area contributed by atoms with Crippen LogP contribution < -0.4 is 25.9 Å². The molecule has 2 aliphatic rings. The number of esters is 1. The number of hydrogen-bond donors (Lipinski definition) is 4. The van der Waals surface area contributed by atoms with Crippen LogP contribution in [0.25, 0.3) is 17.1 Å². The van der Waals surface area contributed by atoms with Crippen LogP contribution in [-0.2, 0) is 20.9 Å². The number of nitrogens with zero attached hydrogens (tertiary/aromatic N) is 1. The third-order valence-corrected chi connectivity index (χ3v) is 9.13. The van der Waals surface area contributed by atoms with Gasteiger partial charge in [-0.15, -0.1) is 0 Å². The van der Waals surface area contributed by atoms with E-state index in [4.69, 9.17) is 14.2 Å². The average molecular weight is 698 g/mol.